The third-order valence-corrected chi connectivity index (χ3v) is 4.52. The van der Waals surface area contributed by atoms with Crippen molar-refractivity contribution in [2.24, 2.45) is 0 Å². The molecule has 0 amide bonds. The van der Waals surface area contributed by atoms with Crippen LogP contribution >= 0.6 is 0 Å². The summed E-state index contributed by atoms with van der Waals surface area (Å²) in [6.07, 6.45) is 5.27. The van der Waals surface area contributed by atoms with Crippen LogP contribution in [-0.2, 0) is 6.42 Å². The van der Waals surface area contributed by atoms with Crippen molar-refractivity contribution in [3.8, 4) is 17.1 Å². The average molecular weight is 339 g/mol. The molecule has 0 N–H and O–H groups in total. The Morgan fingerprint density at radius 1 is 1.12 bits per heavy atom. The molecule has 0 bridgehead atoms. The van der Waals surface area contributed by atoms with Gasteiger partial charge < -0.3 is 13.8 Å². The maximum Gasteiger partial charge on any atom is 0.230 e. The molecule has 1 aliphatic carbocycles. The van der Waals surface area contributed by atoms with Gasteiger partial charge >= 0.3 is 0 Å². The zero-order valence-electron chi connectivity index (χ0n) is 14.3. The first-order chi connectivity index (χ1) is 12.3. The average Bonchev–Trinajstić information content (AvgIpc) is 3.20. The van der Waals surface area contributed by atoms with Crippen LogP contribution in [0.5, 0.6) is 5.75 Å². The summed E-state index contributed by atoms with van der Waals surface area (Å²) in [6.45, 7) is 2.55. The van der Waals surface area contributed by atoms with Gasteiger partial charge in [0.15, 0.2) is 0 Å². The van der Waals surface area contributed by atoms with Crippen LogP contribution in [0.15, 0.2) is 39.4 Å². The summed E-state index contributed by atoms with van der Waals surface area (Å²) in [5, 5.41) is 7.97. The maximum absolute atomic E-state index is 5.77. The van der Waals surface area contributed by atoms with E-state index in [0.717, 1.165) is 54.3 Å². The highest BCUT2D eigenvalue weighted by Crippen LogP contribution is 2.36. The number of rotatable bonds is 7. The van der Waals surface area contributed by atoms with Gasteiger partial charge in [-0.1, -0.05) is 16.7 Å². The molecule has 25 heavy (non-hydrogen) atoms. The summed E-state index contributed by atoms with van der Waals surface area (Å²) < 4.78 is 16.3. The quantitative estimate of drug-likeness (QED) is 0.597. The van der Waals surface area contributed by atoms with E-state index in [4.69, 9.17) is 13.8 Å². The molecule has 3 aromatic rings. The second-order valence-corrected chi connectivity index (χ2v) is 6.50. The first-order valence-electron chi connectivity index (χ1n) is 8.77. The number of nitrogens with zero attached hydrogens (tertiary/aromatic N) is 3. The van der Waals surface area contributed by atoms with Crippen molar-refractivity contribution in [1.82, 2.24) is 15.3 Å². The Labute approximate surface area is 146 Å². The standard InChI is InChI=1S/C19H21N3O3/c1-13-12-17(24-21-13)6-3-11-23-16-9-7-14(8-10-16)18-20-19(25-22-18)15-4-2-5-15/h7-10,12,15H,2-6,11H2,1H3. The van der Waals surface area contributed by atoms with E-state index in [1.54, 1.807) is 0 Å². The second-order valence-electron chi connectivity index (χ2n) is 6.50. The van der Waals surface area contributed by atoms with Crippen LogP contribution in [0.3, 0.4) is 0 Å². The first-order valence-corrected chi connectivity index (χ1v) is 8.77. The van der Waals surface area contributed by atoms with Crippen LogP contribution in [0.2, 0.25) is 0 Å². The van der Waals surface area contributed by atoms with E-state index >= 15 is 0 Å². The molecule has 1 fully saturated rings. The van der Waals surface area contributed by atoms with Crippen molar-refractivity contribution in [1.29, 1.82) is 0 Å². The Morgan fingerprint density at radius 2 is 1.96 bits per heavy atom. The molecule has 0 spiro atoms. The van der Waals surface area contributed by atoms with Gasteiger partial charge in [0.25, 0.3) is 0 Å². The van der Waals surface area contributed by atoms with Gasteiger partial charge in [-0.2, -0.15) is 4.98 Å². The Hall–Kier alpha value is -2.63. The molecule has 0 radical (unpaired) electrons. The van der Waals surface area contributed by atoms with Crippen molar-refractivity contribution in [2.75, 3.05) is 6.61 Å². The Balaban J connectivity index is 1.28. The first kappa shape index (κ1) is 15.9. The van der Waals surface area contributed by atoms with E-state index in [2.05, 4.69) is 15.3 Å². The highest BCUT2D eigenvalue weighted by atomic mass is 16.5. The lowest BCUT2D eigenvalue weighted by molar-refractivity contribution is 0.292. The molecule has 2 aromatic heterocycles. The minimum absolute atomic E-state index is 0.456. The van der Waals surface area contributed by atoms with Gasteiger partial charge in [0.2, 0.25) is 11.7 Å². The molecule has 0 aliphatic heterocycles. The predicted molar refractivity (Wildman–Crippen MR) is 91.4 cm³/mol. The van der Waals surface area contributed by atoms with Crippen LogP contribution in [0.1, 0.15) is 48.9 Å². The second kappa shape index (κ2) is 7.09. The fraction of sp³-hybridized carbons (Fsp3) is 0.421. The van der Waals surface area contributed by atoms with Crippen molar-refractivity contribution in [3.63, 3.8) is 0 Å². The molecular formula is C19H21N3O3. The molecule has 6 heteroatoms. The smallest absolute Gasteiger partial charge is 0.230 e. The minimum Gasteiger partial charge on any atom is -0.494 e. The number of aryl methyl sites for hydroxylation is 2. The van der Waals surface area contributed by atoms with E-state index in [1.165, 1.54) is 6.42 Å². The summed E-state index contributed by atoms with van der Waals surface area (Å²) in [4.78, 5) is 4.51. The van der Waals surface area contributed by atoms with Gasteiger partial charge in [-0.15, -0.1) is 0 Å². The van der Waals surface area contributed by atoms with Crippen LogP contribution < -0.4 is 4.74 Å². The van der Waals surface area contributed by atoms with Crippen LogP contribution in [-0.4, -0.2) is 21.9 Å². The molecule has 1 aliphatic rings. The molecule has 2 heterocycles. The van der Waals surface area contributed by atoms with E-state index in [1.807, 2.05) is 37.3 Å². The third kappa shape index (κ3) is 3.73. The van der Waals surface area contributed by atoms with Crippen molar-refractivity contribution in [2.45, 2.75) is 44.9 Å². The fourth-order valence-corrected chi connectivity index (χ4v) is 2.84. The van der Waals surface area contributed by atoms with E-state index in [-0.39, 0.29) is 0 Å². The summed E-state index contributed by atoms with van der Waals surface area (Å²) in [7, 11) is 0. The molecule has 6 nitrogen and oxygen atoms in total. The fourth-order valence-electron chi connectivity index (χ4n) is 2.84. The number of hydrogen-bond acceptors (Lipinski definition) is 6. The van der Waals surface area contributed by atoms with Crippen LogP contribution in [0, 0.1) is 6.92 Å². The molecule has 130 valence electrons. The SMILES string of the molecule is Cc1cc(CCCOc2ccc(-c3noc(C4CCC4)n3)cc2)on1. The topological polar surface area (TPSA) is 74.2 Å². The highest BCUT2D eigenvalue weighted by molar-refractivity contribution is 5.55. The largest absolute Gasteiger partial charge is 0.494 e. The summed E-state index contributed by atoms with van der Waals surface area (Å²) in [5.74, 6) is 3.60. The van der Waals surface area contributed by atoms with Crippen LogP contribution in [0.25, 0.3) is 11.4 Å². The summed E-state index contributed by atoms with van der Waals surface area (Å²) in [6, 6.07) is 9.76. The number of benzene rings is 1. The molecule has 0 atom stereocenters. The lowest BCUT2D eigenvalue weighted by Crippen LogP contribution is -2.08. The summed E-state index contributed by atoms with van der Waals surface area (Å²) in [5.41, 5.74) is 1.85. The molecular weight excluding hydrogens is 318 g/mol. The number of aromatic nitrogens is 3. The van der Waals surface area contributed by atoms with E-state index in [9.17, 15) is 0 Å². The Morgan fingerprint density at radius 3 is 2.64 bits per heavy atom. The maximum atomic E-state index is 5.77. The normalized spacial score (nSPS) is 14.4. The van der Waals surface area contributed by atoms with E-state index < -0.39 is 0 Å². The Bertz CT molecular complexity index is 819. The van der Waals surface area contributed by atoms with Gasteiger partial charge in [0.1, 0.15) is 11.5 Å². The Kier molecular flexibility index (Phi) is 4.50. The van der Waals surface area contributed by atoms with Gasteiger partial charge in [-0.25, -0.2) is 0 Å². The van der Waals surface area contributed by atoms with Gasteiger partial charge in [-0.05, 0) is 50.5 Å². The molecule has 4 rings (SSSR count). The van der Waals surface area contributed by atoms with Gasteiger partial charge in [0, 0.05) is 24.0 Å². The molecule has 0 unspecified atom stereocenters. The summed E-state index contributed by atoms with van der Waals surface area (Å²) >= 11 is 0. The molecule has 1 saturated carbocycles. The molecule has 0 saturated heterocycles. The predicted octanol–water partition coefficient (Wildman–Crippen LogP) is 4.31. The van der Waals surface area contributed by atoms with Gasteiger partial charge in [0.05, 0.1) is 12.3 Å². The van der Waals surface area contributed by atoms with Crippen molar-refractivity contribution >= 4 is 0 Å². The lowest BCUT2D eigenvalue weighted by Gasteiger charge is -2.20. The van der Waals surface area contributed by atoms with Crippen molar-refractivity contribution < 1.29 is 13.8 Å². The number of ether oxygens (including phenoxy) is 1. The monoisotopic (exact) mass is 339 g/mol. The van der Waals surface area contributed by atoms with Gasteiger partial charge in [-0.3, -0.25) is 0 Å². The highest BCUT2D eigenvalue weighted by Gasteiger charge is 2.25. The zero-order chi connectivity index (χ0) is 17.1. The molecule has 1 aromatic carbocycles. The zero-order valence-corrected chi connectivity index (χ0v) is 14.3. The van der Waals surface area contributed by atoms with E-state index in [0.29, 0.717) is 18.3 Å². The van der Waals surface area contributed by atoms with Crippen LogP contribution in [0.4, 0.5) is 0 Å². The third-order valence-electron chi connectivity index (χ3n) is 4.52. The lowest BCUT2D eigenvalue weighted by atomic mass is 9.85. The van der Waals surface area contributed by atoms with Crippen molar-refractivity contribution in [3.05, 3.63) is 47.7 Å². The minimum atomic E-state index is 0.456. The number of hydrogen-bond donors (Lipinski definition) is 0.